The Hall–Kier alpha value is -3.13. The Morgan fingerprint density at radius 2 is 1.97 bits per heavy atom. The highest BCUT2D eigenvalue weighted by Crippen LogP contribution is 2.37. The van der Waals surface area contributed by atoms with Gasteiger partial charge in [-0.25, -0.2) is 24.3 Å². The Labute approximate surface area is 184 Å². The van der Waals surface area contributed by atoms with Gasteiger partial charge in [-0.2, -0.15) is 0 Å². The van der Waals surface area contributed by atoms with Gasteiger partial charge in [0.1, 0.15) is 5.82 Å². The summed E-state index contributed by atoms with van der Waals surface area (Å²) in [6.07, 6.45) is 8.94. The highest BCUT2D eigenvalue weighted by molar-refractivity contribution is 6.30. The lowest BCUT2D eigenvalue weighted by molar-refractivity contribution is 0.112. The molecule has 3 heterocycles. The number of halogens is 2. The van der Waals surface area contributed by atoms with Crippen LogP contribution in [-0.2, 0) is 0 Å². The van der Waals surface area contributed by atoms with Gasteiger partial charge in [-0.1, -0.05) is 18.5 Å². The molecule has 1 aliphatic rings. The maximum Gasteiger partial charge on any atom is 0.222 e. The van der Waals surface area contributed by atoms with E-state index in [1.807, 2.05) is 0 Å². The number of hydrogen-bond acceptors (Lipinski definition) is 7. The number of nitrogens with one attached hydrogen (secondary N) is 1. The van der Waals surface area contributed by atoms with Crippen LogP contribution in [0.5, 0.6) is 0 Å². The molecule has 31 heavy (non-hydrogen) atoms. The molecule has 0 radical (unpaired) electrons. The summed E-state index contributed by atoms with van der Waals surface area (Å²) in [5, 5.41) is 3.72. The number of benzene rings is 1. The van der Waals surface area contributed by atoms with E-state index >= 15 is 0 Å². The summed E-state index contributed by atoms with van der Waals surface area (Å²) in [5.41, 5.74) is 1.38. The number of aromatic nitrogens is 4. The molecule has 7 nitrogen and oxygen atoms in total. The zero-order valence-electron chi connectivity index (χ0n) is 17.0. The van der Waals surface area contributed by atoms with Gasteiger partial charge >= 0.3 is 0 Å². The summed E-state index contributed by atoms with van der Waals surface area (Å²) in [7, 11) is 0. The highest BCUT2D eigenvalue weighted by atomic mass is 35.5. The molecule has 1 aromatic carbocycles. The van der Waals surface area contributed by atoms with Gasteiger partial charge in [0.2, 0.25) is 5.95 Å². The van der Waals surface area contributed by atoms with Crippen molar-refractivity contribution in [3.8, 4) is 11.4 Å². The number of aldehydes is 1. The molecule has 1 fully saturated rings. The zero-order chi connectivity index (χ0) is 21.8. The summed E-state index contributed by atoms with van der Waals surface area (Å²) >= 11 is 5.87. The van der Waals surface area contributed by atoms with Crippen molar-refractivity contribution < 1.29 is 9.18 Å². The van der Waals surface area contributed by atoms with Crippen molar-refractivity contribution in [1.29, 1.82) is 0 Å². The third-order valence-corrected chi connectivity index (χ3v) is 5.74. The van der Waals surface area contributed by atoms with Gasteiger partial charge in [0, 0.05) is 37.1 Å². The summed E-state index contributed by atoms with van der Waals surface area (Å²) in [5.74, 6) is 0.718. The fourth-order valence-corrected chi connectivity index (χ4v) is 4.16. The molecular formula is C22H22ClFN6O. The zero-order valence-corrected chi connectivity index (χ0v) is 17.8. The van der Waals surface area contributed by atoms with Crippen molar-refractivity contribution in [1.82, 2.24) is 19.9 Å². The van der Waals surface area contributed by atoms with E-state index < -0.39 is 5.82 Å². The lowest BCUT2D eigenvalue weighted by Gasteiger charge is -2.42. The monoisotopic (exact) mass is 440 g/mol. The number of carbonyl (C=O) groups excluding carboxylic acids is 1. The first-order chi connectivity index (χ1) is 15.1. The van der Waals surface area contributed by atoms with Crippen LogP contribution >= 0.6 is 11.6 Å². The molecular weight excluding hydrogens is 419 g/mol. The molecule has 160 valence electrons. The van der Waals surface area contributed by atoms with Gasteiger partial charge in [-0.05, 0) is 37.0 Å². The fraction of sp³-hybridized carbons (Fsp3) is 0.318. The smallest absolute Gasteiger partial charge is 0.222 e. The topological polar surface area (TPSA) is 83.9 Å². The van der Waals surface area contributed by atoms with Crippen LogP contribution in [0.25, 0.3) is 11.4 Å². The maximum atomic E-state index is 14.5. The molecule has 9 heteroatoms. The van der Waals surface area contributed by atoms with E-state index in [4.69, 9.17) is 11.6 Å². The molecule has 0 unspecified atom stereocenters. The Morgan fingerprint density at radius 1 is 1.23 bits per heavy atom. The Bertz CT molecular complexity index is 1050. The van der Waals surface area contributed by atoms with E-state index in [0.29, 0.717) is 46.8 Å². The number of nitrogens with zero attached hydrogens (tertiary/aromatic N) is 5. The Balaban J connectivity index is 1.72. The second-order valence-corrected chi connectivity index (χ2v) is 8.00. The van der Waals surface area contributed by atoms with Crippen molar-refractivity contribution in [2.45, 2.75) is 25.8 Å². The van der Waals surface area contributed by atoms with Crippen molar-refractivity contribution in [2.24, 2.45) is 5.92 Å². The van der Waals surface area contributed by atoms with E-state index in [-0.39, 0.29) is 11.6 Å². The quantitative estimate of drug-likeness (QED) is 0.573. The minimum atomic E-state index is -0.470. The molecule has 1 saturated heterocycles. The fourth-order valence-electron chi connectivity index (χ4n) is 4.06. The van der Waals surface area contributed by atoms with Gasteiger partial charge in [0.25, 0.3) is 0 Å². The molecule has 2 atom stereocenters. The predicted octanol–water partition coefficient (Wildman–Crippen LogP) is 4.26. The SMILES string of the molecule is C[C@@H]1CCCN(c2cc(F)cc(C=O)c2-c2ncccn2)[C@@H]1CNc1ncc(Cl)cn1. The Morgan fingerprint density at radius 3 is 2.68 bits per heavy atom. The van der Waals surface area contributed by atoms with Crippen LogP contribution in [0, 0.1) is 11.7 Å². The number of rotatable bonds is 6. The first kappa shape index (κ1) is 21.1. The van der Waals surface area contributed by atoms with Gasteiger partial charge in [0.05, 0.1) is 28.7 Å². The van der Waals surface area contributed by atoms with E-state index in [9.17, 15) is 9.18 Å². The molecule has 3 aromatic rings. The van der Waals surface area contributed by atoms with Gasteiger partial charge in [-0.3, -0.25) is 4.79 Å². The van der Waals surface area contributed by atoms with Crippen LogP contribution in [0.4, 0.5) is 16.0 Å². The standard InChI is InChI=1S/C22H22ClFN6O/c1-14-4-2-7-30(19(14)12-29-22-27-10-16(23)11-28-22)18-9-17(24)8-15(13-31)20(18)21-25-5-3-6-26-21/h3,5-6,8-11,13-14,19H,2,4,7,12H2,1H3,(H,27,28,29)/t14-,19-/m1/s1. The first-order valence-electron chi connectivity index (χ1n) is 10.1. The van der Waals surface area contributed by atoms with Gasteiger partial charge in [-0.15, -0.1) is 0 Å². The minimum Gasteiger partial charge on any atom is -0.366 e. The molecule has 4 rings (SSSR count). The average molecular weight is 441 g/mol. The van der Waals surface area contributed by atoms with Crippen LogP contribution in [-0.4, -0.2) is 45.4 Å². The van der Waals surface area contributed by atoms with E-state index in [0.717, 1.165) is 19.4 Å². The van der Waals surface area contributed by atoms with Crippen LogP contribution in [0.2, 0.25) is 5.02 Å². The van der Waals surface area contributed by atoms with E-state index in [1.165, 1.54) is 24.5 Å². The van der Waals surface area contributed by atoms with Crippen molar-refractivity contribution in [3.63, 3.8) is 0 Å². The molecule has 0 aliphatic carbocycles. The second kappa shape index (κ2) is 9.34. The van der Waals surface area contributed by atoms with Crippen molar-refractivity contribution in [2.75, 3.05) is 23.3 Å². The number of carbonyl (C=O) groups is 1. The van der Waals surface area contributed by atoms with Crippen LogP contribution in [0.3, 0.4) is 0 Å². The van der Waals surface area contributed by atoms with E-state index in [1.54, 1.807) is 18.5 Å². The molecule has 2 aromatic heterocycles. The lowest BCUT2D eigenvalue weighted by atomic mass is 9.89. The predicted molar refractivity (Wildman–Crippen MR) is 118 cm³/mol. The summed E-state index contributed by atoms with van der Waals surface area (Å²) in [6, 6.07) is 4.42. The van der Waals surface area contributed by atoms with Crippen molar-refractivity contribution in [3.05, 3.63) is 59.4 Å². The molecule has 0 amide bonds. The van der Waals surface area contributed by atoms with Crippen LogP contribution < -0.4 is 10.2 Å². The van der Waals surface area contributed by atoms with Crippen LogP contribution in [0.15, 0.2) is 43.0 Å². The van der Waals surface area contributed by atoms with Crippen LogP contribution in [0.1, 0.15) is 30.1 Å². The maximum absolute atomic E-state index is 14.5. The summed E-state index contributed by atoms with van der Waals surface area (Å²) in [6.45, 7) is 3.43. The summed E-state index contributed by atoms with van der Waals surface area (Å²) < 4.78 is 14.5. The number of anilines is 2. The average Bonchev–Trinajstić information content (AvgIpc) is 2.79. The highest BCUT2D eigenvalue weighted by Gasteiger charge is 2.32. The lowest BCUT2D eigenvalue weighted by Crippen LogP contribution is -2.48. The Kier molecular flexibility index (Phi) is 6.36. The van der Waals surface area contributed by atoms with Crippen molar-refractivity contribution >= 4 is 29.5 Å². The molecule has 0 bridgehead atoms. The third kappa shape index (κ3) is 4.64. The number of piperidine rings is 1. The largest absolute Gasteiger partial charge is 0.366 e. The van der Waals surface area contributed by atoms with Gasteiger partial charge in [0.15, 0.2) is 12.1 Å². The number of hydrogen-bond donors (Lipinski definition) is 1. The second-order valence-electron chi connectivity index (χ2n) is 7.57. The minimum absolute atomic E-state index is 0.0248. The molecule has 0 spiro atoms. The molecule has 0 saturated carbocycles. The van der Waals surface area contributed by atoms with Gasteiger partial charge < -0.3 is 10.2 Å². The third-order valence-electron chi connectivity index (χ3n) is 5.54. The normalized spacial score (nSPS) is 18.6. The molecule has 1 aliphatic heterocycles. The molecule has 1 N–H and O–H groups in total. The first-order valence-corrected chi connectivity index (χ1v) is 10.5. The van der Waals surface area contributed by atoms with E-state index in [2.05, 4.69) is 37.1 Å². The summed E-state index contributed by atoms with van der Waals surface area (Å²) in [4.78, 5) is 31.0.